The molecule has 1 saturated heterocycles. The van der Waals surface area contributed by atoms with Gasteiger partial charge in [0.25, 0.3) is 5.91 Å². The predicted molar refractivity (Wildman–Crippen MR) is 107 cm³/mol. The smallest absolute Gasteiger partial charge is 0.264 e. The van der Waals surface area contributed by atoms with Crippen LogP contribution in [-0.4, -0.2) is 61.2 Å². The maximum Gasteiger partial charge on any atom is 0.264 e. The molecule has 1 aliphatic rings. The summed E-state index contributed by atoms with van der Waals surface area (Å²) in [5, 5.41) is 9.79. The van der Waals surface area contributed by atoms with Crippen molar-refractivity contribution < 1.29 is 17.6 Å². The van der Waals surface area contributed by atoms with Crippen molar-refractivity contribution in [1.29, 1.82) is 5.41 Å². The summed E-state index contributed by atoms with van der Waals surface area (Å²) >= 11 is 3.22. The number of rotatable bonds is 6. The van der Waals surface area contributed by atoms with Crippen molar-refractivity contribution in [3.05, 3.63) is 40.3 Å². The molecule has 1 aliphatic heterocycles. The number of allylic oxidation sites excluding steroid dienone is 1. The van der Waals surface area contributed by atoms with Gasteiger partial charge in [-0.2, -0.15) is 4.31 Å². The lowest BCUT2D eigenvalue weighted by Crippen LogP contribution is -2.50. The van der Waals surface area contributed by atoms with Crippen molar-refractivity contribution >= 4 is 43.8 Å². The number of nitrogens with one attached hydrogen (secondary N) is 2. The third kappa shape index (κ3) is 5.14. The monoisotopic (exact) mass is 460 g/mol. The van der Waals surface area contributed by atoms with Gasteiger partial charge in [-0.15, -0.1) is 0 Å². The van der Waals surface area contributed by atoms with E-state index in [0.717, 1.165) is 6.21 Å². The zero-order valence-corrected chi connectivity index (χ0v) is 17.5. The fourth-order valence-corrected chi connectivity index (χ4v) is 4.34. The first-order chi connectivity index (χ1) is 12.7. The van der Waals surface area contributed by atoms with Crippen LogP contribution in [0.1, 0.15) is 13.8 Å². The van der Waals surface area contributed by atoms with E-state index < -0.39 is 27.0 Å². The van der Waals surface area contributed by atoms with Crippen LogP contribution in [0.25, 0.3) is 0 Å². The second-order valence-corrected chi connectivity index (χ2v) is 9.57. The first-order valence-electron chi connectivity index (χ1n) is 8.38. The van der Waals surface area contributed by atoms with Crippen LogP contribution in [-0.2, 0) is 14.8 Å². The zero-order valence-electron chi connectivity index (χ0n) is 15.1. The van der Waals surface area contributed by atoms with Crippen molar-refractivity contribution in [2.24, 2.45) is 0 Å². The molecule has 0 radical (unpaired) electrons. The highest BCUT2D eigenvalue weighted by molar-refractivity contribution is 9.12. The minimum atomic E-state index is -3.32. The number of amides is 1. The van der Waals surface area contributed by atoms with E-state index in [1.165, 1.54) is 28.6 Å². The number of hydrogen-bond donors (Lipinski definition) is 2. The molecule has 2 N–H and O–H groups in total. The molecule has 0 spiro atoms. The van der Waals surface area contributed by atoms with Crippen LogP contribution >= 0.6 is 15.9 Å². The van der Waals surface area contributed by atoms with Crippen LogP contribution in [0, 0.1) is 11.2 Å². The molecule has 0 saturated carbocycles. The van der Waals surface area contributed by atoms with Gasteiger partial charge in [0, 0.05) is 38.1 Å². The minimum absolute atomic E-state index is 0.155. The van der Waals surface area contributed by atoms with Gasteiger partial charge in [-0.3, -0.25) is 4.79 Å². The first kappa shape index (κ1) is 21.5. The average molecular weight is 461 g/mol. The summed E-state index contributed by atoms with van der Waals surface area (Å²) in [6.45, 7) is 4.60. The van der Waals surface area contributed by atoms with Gasteiger partial charge >= 0.3 is 0 Å². The van der Waals surface area contributed by atoms with Crippen LogP contribution in [0.5, 0.6) is 0 Å². The van der Waals surface area contributed by atoms with Gasteiger partial charge in [0.2, 0.25) is 10.0 Å². The Kier molecular flexibility index (Phi) is 7.12. The van der Waals surface area contributed by atoms with E-state index in [0.29, 0.717) is 24.5 Å². The van der Waals surface area contributed by atoms with Gasteiger partial charge in [-0.1, -0.05) is 0 Å². The molecule has 148 valence electrons. The Morgan fingerprint density at radius 1 is 1.22 bits per heavy atom. The SMILES string of the molecule is CC(C)S(=O)(=O)N1CCN(/C(C=N)=C(\Br)C(=O)Nc2ccc(F)cc2)CC1. The van der Waals surface area contributed by atoms with Crippen LogP contribution < -0.4 is 5.32 Å². The Morgan fingerprint density at radius 3 is 2.26 bits per heavy atom. The Balaban J connectivity index is 2.10. The summed E-state index contributed by atoms with van der Waals surface area (Å²) in [6.07, 6.45) is 1.06. The van der Waals surface area contributed by atoms with Crippen molar-refractivity contribution in [1.82, 2.24) is 9.21 Å². The normalized spacial score (nSPS) is 16.9. The zero-order chi connectivity index (χ0) is 20.2. The molecule has 0 unspecified atom stereocenters. The summed E-state index contributed by atoms with van der Waals surface area (Å²) in [6, 6.07) is 5.35. The number of anilines is 1. The first-order valence-corrected chi connectivity index (χ1v) is 10.7. The third-order valence-electron chi connectivity index (χ3n) is 4.20. The number of sulfonamides is 1. The second-order valence-electron chi connectivity index (χ2n) is 6.28. The van der Waals surface area contributed by atoms with Gasteiger partial charge in [0.05, 0.1) is 10.9 Å². The lowest BCUT2D eigenvalue weighted by molar-refractivity contribution is -0.112. The molecule has 0 aliphatic carbocycles. The minimum Gasteiger partial charge on any atom is -0.367 e. The maximum atomic E-state index is 13.0. The standard InChI is InChI=1S/C17H22BrFN4O3S/c1-12(2)27(25,26)23-9-7-22(8-10-23)15(11-20)16(18)17(24)21-14-5-3-13(19)4-6-14/h3-6,11-12,20H,7-10H2,1-2H3,(H,21,24)/b16-15-,20-11?. The predicted octanol–water partition coefficient (Wildman–Crippen LogP) is 2.38. The topological polar surface area (TPSA) is 93.6 Å². The quantitative estimate of drug-likeness (QED) is 0.503. The number of halogens is 2. The number of carbonyl (C=O) groups excluding carboxylic acids is 1. The summed E-state index contributed by atoms with van der Waals surface area (Å²) in [4.78, 5) is 14.2. The molecular formula is C17H22BrFN4O3S. The van der Waals surface area contributed by atoms with E-state index in [4.69, 9.17) is 5.41 Å². The molecule has 0 atom stereocenters. The van der Waals surface area contributed by atoms with Crippen molar-refractivity contribution in [2.45, 2.75) is 19.1 Å². The van der Waals surface area contributed by atoms with Crippen molar-refractivity contribution in [2.75, 3.05) is 31.5 Å². The molecule has 0 bridgehead atoms. The lowest BCUT2D eigenvalue weighted by Gasteiger charge is -2.36. The maximum absolute atomic E-state index is 13.0. The van der Waals surface area contributed by atoms with E-state index in [1.54, 1.807) is 18.7 Å². The largest absolute Gasteiger partial charge is 0.367 e. The second kappa shape index (κ2) is 8.94. The van der Waals surface area contributed by atoms with Crippen LogP contribution in [0.2, 0.25) is 0 Å². The number of benzene rings is 1. The van der Waals surface area contributed by atoms with E-state index in [1.807, 2.05) is 0 Å². The molecule has 1 heterocycles. The fourth-order valence-electron chi connectivity index (χ4n) is 2.61. The lowest BCUT2D eigenvalue weighted by atomic mass is 10.2. The van der Waals surface area contributed by atoms with Crippen LogP contribution in [0.4, 0.5) is 10.1 Å². The highest BCUT2D eigenvalue weighted by Gasteiger charge is 2.30. The Morgan fingerprint density at radius 2 is 1.78 bits per heavy atom. The van der Waals surface area contributed by atoms with E-state index in [2.05, 4.69) is 21.2 Å². The van der Waals surface area contributed by atoms with Gasteiger partial charge in [-0.25, -0.2) is 12.8 Å². The molecule has 1 amide bonds. The third-order valence-corrected chi connectivity index (χ3v) is 7.24. The number of hydrogen-bond acceptors (Lipinski definition) is 5. The van der Waals surface area contributed by atoms with E-state index in [-0.39, 0.29) is 17.6 Å². The van der Waals surface area contributed by atoms with Gasteiger partial charge in [0.15, 0.2) is 0 Å². The van der Waals surface area contributed by atoms with Gasteiger partial charge < -0.3 is 15.6 Å². The molecule has 27 heavy (non-hydrogen) atoms. The molecular weight excluding hydrogens is 439 g/mol. The fraction of sp³-hybridized carbons (Fsp3) is 0.412. The van der Waals surface area contributed by atoms with E-state index in [9.17, 15) is 17.6 Å². The Labute approximate surface area is 166 Å². The summed E-state index contributed by atoms with van der Waals surface area (Å²) in [7, 11) is -3.32. The summed E-state index contributed by atoms with van der Waals surface area (Å²) < 4.78 is 39.0. The summed E-state index contributed by atoms with van der Waals surface area (Å²) in [5.41, 5.74) is 0.784. The summed E-state index contributed by atoms with van der Waals surface area (Å²) in [5.74, 6) is -0.880. The van der Waals surface area contributed by atoms with Crippen LogP contribution in [0.3, 0.4) is 0 Å². The average Bonchev–Trinajstić information content (AvgIpc) is 2.64. The van der Waals surface area contributed by atoms with Crippen LogP contribution in [0.15, 0.2) is 34.4 Å². The highest BCUT2D eigenvalue weighted by Crippen LogP contribution is 2.21. The molecule has 1 aromatic rings. The molecule has 0 aromatic heterocycles. The molecule has 7 nitrogen and oxygen atoms in total. The molecule has 1 aromatic carbocycles. The van der Waals surface area contributed by atoms with E-state index >= 15 is 0 Å². The van der Waals surface area contributed by atoms with Crippen molar-refractivity contribution in [3.63, 3.8) is 0 Å². The Hall–Kier alpha value is -1.78. The number of nitrogens with zero attached hydrogens (tertiary/aromatic N) is 2. The van der Waals surface area contributed by atoms with Crippen molar-refractivity contribution in [3.8, 4) is 0 Å². The number of piperazine rings is 1. The molecule has 10 heteroatoms. The highest BCUT2D eigenvalue weighted by atomic mass is 79.9. The van der Waals surface area contributed by atoms with Gasteiger partial charge in [0.1, 0.15) is 10.3 Å². The number of carbonyl (C=O) groups is 1. The van der Waals surface area contributed by atoms with Gasteiger partial charge in [-0.05, 0) is 54.0 Å². The molecule has 1 fully saturated rings. The Bertz CT molecular complexity index is 832. The molecule has 2 rings (SSSR count).